The van der Waals surface area contributed by atoms with Crippen LogP contribution in [-0.4, -0.2) is 34.0 Å². The Morgan fingerprint density at radius 1 is 1.14 bits per heavy atom. The number of nitrogens with zero attached hydrogens (tertiary/aromatic N) is 2. The lowest BCUT2D eigenvalue weighted by atomic mass is 9.93. The second-order valence-corrected chi connectivity index (χ2v) is 7.89. The molecule has 2 saturated heterocycles. The number of carbonyl (C=O) groups excluding carboxylic acids is 2. The van der Waals surface area contributed by atoms with Crippen molar-refractivity contribution in [3.8, 4) is 11.8 Å². The Hall–Kier alpha value is -2.85. The van der Waals surface area contributed by atoms with Crippen LogP contribution in [0.3, 0.4) is 0 Å². The Bertz CT molecular complexity index is 1060. The molecule has 152 valence electrons. The van der Waals surface area contributed by atoms with E-state index in [-0.39, 0.29) is 18.0 Å². The van der Waals surface area contributed by atoms with E-state index in [0.29, 0.717) is 11.9 Å². The smallest absolute Gasteiger partial charge is 0.317 e. The van der Waals surface area contributed by atoms with Gasteiger partial charge in [-0.15, -0.1) is 0 Å². The number of amides is 2. The number of hydrogen-bond donors (Lipinski definition) is 2. The maximum Gasteiger partial charge on any atom is 0.329 e. The summed E-state index contributed by atoms with van der Waals surface area (Å²) in [6.45, 7) is 2.18. The van der Waals surface area contributed by atoms with E-state index in [2.05, 4.69) is 22.5 Å². The summed E-state index contributed by atoms with van der Waals surface area (Å²) in [5, 5.41) is 5.72. The maximum absolute atomic E-state index is 12.9. The number of imide groups is 1. The Morgan fingerprint density at radius 2 is 1.93 bits per heavy atom. The number of fused-ring (bicyclic) bond motifs is 1. The maximum atomic E-state index is 12.9. The van der Waals surface area contributed by atoms with Crippen molar-refractivity contribution >= 4 is 22.8 Å². The third-order valence-electron chi connectivity index (χ3n) is 5.98. The SMILES string of the molecule is Cn1c(=O)n(C2CCC(=O)NC2=O)c2cccc(C#CCCC3CCNCC3)c21. The molecule has 2 aliphatic rings. The van der Waals surface area contributed by atoms with E-state index in [1.807, 2.05) is 18.2 Å². The van der Waals surface area contributed by atoms with Crippen molar-refractivity contribution < 1.29 is 9.59 Å². The van der Waals surface area contributed by atoms with E-state index >= 15 is 0 Å². The molecule has 3 heterocycles. The molecular weight excluding hydrogens is 368 g/mol. The van der Waals surface area contributed by atoms with Crippen molar-refractivity contribution in [2.45, 2.75) is 44.6 Å². The van der Waals surface area contributed by atoms with Crippen molar-refractivity contribution in [3.05, 3.63) is 34.2 Å². The number of nitrogens with one attached hydrogen (secondary N) is 2. The van der Waals surface area contributed by atoms with Crippen molar-refractivity contribution in [3.63, 3.8) is 0 Å². The number of piperidine rings is 2. The first-order valence-corrected chi connectivity index (χ1v) is 10.3. The molecule has 7 heteroatoms. The fraction of sp³-hybridized carbons (Fsp3) is 0.500. The summed E-state index contributed by atoms with van der Waals surface area (Å²) in [6.07, 6.45) is 4.91. The molecule has 1 aromatic heterocycles. The Morgan fingerprint density at radius 3 is 2.69 bits per heavy atom. The first-order valence-electron chi connectivity index (χ1n) is 10.3. The van der Waals surface area contributed by atoms with Crippen LogP contribution >= 0.6 is 0 Å². The van der Waals surface area contributed by atoms with E-state index in [9.17, 15) is 14.4 Å². The van der Waals surface area contributed by atoms with Crippen LogP contribution in [0.4, 0.5) is 0 Å². The van der Waals surface area contributed by atoms with Gasteiger partial charge in [0.25, 0.3) is 0 Å². The van der Waals surface area contributed by atoms with Crippen molar-refractivity contribution in [1.29, 1.82) is 0 Å². The Kier molecular flexibility index (Phi) is 5.54. The van der Waals surface area contributed by atoms with Crippen molar-refractivity contribution in [1.82, 2.24) is 19.8 Å². The van der Waals surface area contributed by atoms with Gasteiger partial charge in [0, 0.05) is 19.9 Å². The van der Waals surface area contributed by atoms with Gasteiger partial charge in [0.15, 0.2) is 0 Å². The zero-order valence-corrected chi connectivity index (χ0v) is 16.7. The van der Waals surface area contributed by atoms with Gasteiger partial charge >= 0.3 is 5.69 Å². The minimum absolute atomic E-state index is 0.232. The molecule has 2 fully saturated rings. The van der Waals surface area contributed by atoms with Crippen molar-refractivity contribution in [2.24, 2.45) is 13.0 Å². The van der Waals surface area contributed by atoms with E-state index in [1.165, 1.54) is 17.4 Å². The molecular formula is C22H26N4O3. The molecule has 1 unspecified atom stereocenters. The van der Waals surface area contributed by atoms with E-state index in [1.54, 1.807) is 11.6 Å². The van der Waals surface area contributed by atoms with E-state index < -0.39 is 11.9 Å². The highest BCUT2D eigenvalue weighted by Gasteiger charge is 2.31. The van der Waals surface area contributed by atoms with Gasteiger partial charge in [-0.2, -0.15) is 0 Å². The van der Waals surface area contributed by atoms with Crippen LogP contribution in [0.5, 0.6) is 0 Å². The zero-order chi connectivity index (χ0) is 20.4. The average Bonchev–Trinajstić information content (AvgIpc) is 2.98. The Balaban J connectivity index is 1.62. The summed E-state index contributed by atoms with van der Waals surface area (Å²) in [5.41, 5.74) is 1.94. The largest absolute Gasteiger partial charge is 0.329 e. The van der Waals surface area contributed by atoms with Crippen LogP contribution in [-0.2, 0) is 16.6 Å². The monoisotopic (exact) mass is 394 g/mol. The lowest BCUT2D eigenvalue weighted by Crippen LogP contribution is -2.44. The molecule has 0 spiro atoms. The summed E-state index contributed by atoms with van der Waals surface area (Å²) in [4.78, 5) is 36.7. The highest BCUT2D eigenvalue weighted by atomic mass is 16.2. The third-order valence-corrected chi connectivity index (χ3v) is 5.98. The van der Waals surface area contributed by atoms with Crippen LogP contribution in [0.25, 0.3) is 11.0 Å². The molecule has 1 atom stereocenters. The van der Waals surface area contributed by atoms with Gasteiger partial charge in [-0.25, -0.2) is 4.79 Å². The molecule has 4 rings (SSSR count). The normalized spacial score (nSPS) is 20.4. The molecule has 0 bridgehead atoms. The lowest BCUT2D eigenvalue weighted by molar-refractivity contribution is -0.135. The molecule has 2 aromatic rings. The number of carbonyl (C=O) groups is 2. The van der Waals surface area contributed by atoms with Gasteiger partial charge in [-0.1, -0.05) is 17.9 Å². The minimum atomic E-state index is -0.674. The van der Waals surface area contributed by atoms with Crippen LogP contribution in [0.1, 0.15) is 50.1 Å². The molecule has 2 N–H and O–H groups in total. The highest BCUT2D eigenvalue weighted by Crippen LogP contribution is 2.24. The third kappa shape index (κ3) is 3.85. The van der Waals surface area contributed by atoms with Crippen molar-refractivity contribution in [2.75, 3.05) is 13.1 Å². The number of imidazole rings is 1. The minimum Gasteiger partial charge on any atom is -0.317 e. The predicted octanol–water partition coefficient (Wildman–Crippen LogP) is 1.45. The number of aryl methyl sites for hydroxylation is 1. The molecule has 0 radical (unpaired) electrons. The molecule has 2 aliphatic heterocycles. The number of para-hydroxylation sites is 1. The summed E-state index contributed by atoms with van der Waals surface area (Å²) in [5.74, 6) is 6.53. The first kappa shape index (κ1) is 19.5. The van der Waals surface area contributed by atoms with Gasteiger partial charge in [0.2, 0.25) is 11.8 Å². The standard InChI is InChI=1S/C22H26N4O3/c1-25-20-16(6-3-2-5-15-11-13-23-14-12-15)7-4-8-17(20)26(22(25)29)18-9-10-19(27)24-21(18)28/h4,7-8,15,18,23H,2,5,9-14H2,1H3,(H,24,27,28). The molecule has 0 aliphatic carbocycles. The number of hydrogen-bond acceptors (Lipinski definition) is 4. The molecule has 0 saturated carbocycles. The fourth-order valence-corrected chi connectivity index (χ4v) is 4.37. The molecule has 7 nitrogen and oxygen atoms in total. The average molecular weight is 394 g/mol. The van der Waals surface area contributed by atoms with E-state index in [4.69, 9.17) is 0 Å². The van der Waals surface area contributed by atoms with Gasteiger partial charge in [0.05, 0.1) is 16.6 Å². The summed E-state index contributed by atoms with van der Waals surface area (Å²) < 4.78 is 3.05. The number of rotatable bonds is 3. The lowest BCUT2D eigenvalue weighted by Gasteiger charge is -2.21. The molecule has 1 aromatic carbocycles. The molecule has 2 amide bonds. The summed E-state index contributed by atoms with van der Waals surface area (Å²) in [7, 11) is 1.70. The number of aromatic nitrogens is 2. The van der Waals surface area contributed by atoms with Gasteiger partial charge in [0.1, 0.15) is 6.04 Å². The zero-order valence-electron chi connectivity index (χ0n) is 16.7. The fourth-order valence-electron chi connectivity index (χ4n) is 4.37. The second kappa shape index (κ2) is 8.26. The Labute approximate surface area is 169 Å². The number of benzene rings is 1. The van der Waals surface area contributed by atoms with Gasteiger partial charge < -0.3 is 5.32 Å². The topological polar surface area (TPSA) is 85.1 Å². The molecule has 29 heavy (non-hydrogen) atoms. The summed E-state index contributed by atoms with van der Waals surface area (Å²) in [6, 6.07) is 4.93. The van der Waals surface area contributed by atoms with Crippen LogP contribution in [0.2, 0.25) is 0 Å². The predicted molar refractivity (Wildman–Crippen MR) is 110 cm³/mol. The highest BCUT2D eigenvalue weighted by molar-refractivity contribution is 6.00. The first-order chi connectivity index (χ1) is 14.1. The van der Waals surface area contributed by atoms with Crippen LogP contribution < -0.4 is 16.3 Å². The van der Waals surface area contributed by atoms with E-state index in [0.717, 1.165) is 42.9 Å². The summed E-state index contributed by atoms with van der Waals surface area (Å²) >= 11 is 0. The van der Waals surface area contributed by atoms with Crippen LogP contribution in [0.15, 0.2) is 23.0 Å². The quantitative estimate of drug-likeness (QED) is 0.610. The van der Waals surface area contributed by atoms with Gasteiger partial charge in [-0.3, -0.25) is 24.0 Å². The second-order valence-electron chi connectivity index (χ2n) is 7.89. The van der Waals surface area contributed by atoms with Crippen LogP contribution in [0, 0.1) is 17.8 Å². The van der Waals surface area contributed by atoms with Gasteiger partial charge in [-0.05, 0) is 56.8 Å².